The van der Waals surface area contributed by atoms with Crippen LogP contribution in [0.5, 0.6) is 5.88 Å². The van der Waals surface area contributed by atoms with Gasteiger partial charge >= 0.3 is 0 Å². The van der Waals surface area contributed by atoms with Crippen LogP contribution in [0.2, 0.25) is 0 Å². The van der Waals surface area contributed by atoms with Gasteiger partial charge in [0.15, 0.2) is 0 Å². The lowest BCUT2D eigenvalue weighted by atomic mass is 10.2. The number of hydrogen-bond acceptors (Lipinski definition) is 6. The molecule has 0 fully saturated rings. The van der Waals surface area contributed by atoms with Gasteiger partial charge in [0.1, 0.15) is 5.82 Å². The van der Waals surface area contributed by atoms with E-state index < -0.39 is 0 Å². The van der Waals surface area contributed by atoms with Gasteiger partial charge in [0.25, 0.3) is 0 Å². The highest BCUT2D eigenvalue weighted by Gasteiger charge is 2.04. The number of anilines is 2. The van der Waals surface area contributed by atoms with Crippen molar-refractivity contribution in [3.05, 3.63) is 6.07 Å². The zero-order valence-corrected chi connectivity index (χ0v) is 9.86. The number of nitrogens with zero attached hydrogens (tertiary/aromatic N) is 2. The summed E-state index contributed by atoms with van der Waals surface area (Å²) in [6.07, 6.45) is 0. The molecule has 1 rings (SSSR count). The fraction of sp³-hybridized carbons (Fsp3) is 0.600. The Morgan fingerprint density at radius 2 is 2.19 bits per heavy atom. The number of rotatable bonds is 6. The Bertz CT molecular complexity index is 333. The van der Waals surface area contributed by atoms with Crippen molar-refractivity contribution in [2.75, 3.05) is 38.4 Å². The lowest BCUT2D eigenvalue weighted by molar-refractivity contribution is 0.164. The molecule has 90 valence electrons. The van der Waals surface area contributed by atoms with E-state index in [0.29, 0.717) is 24.2 Å². The molecule has 0 aliphatic rings. The topological polar surface area (TPSA) is 82.3 Å². The molecule has 0 spiro atoms. The second kappa shape index (κ2) is 6.12. The second-order valence-corrected chi connectivity index (χ2v) is 3.60. The maximum atomic E-state index is 5.53. The summed E-state index contributed by atoms with van der Waals surface area (Å²) in [4.78, 5) is 7.94. The first-order chi connectivity index (χ1) is 7.65. The van der Waals surface area contributed by atoms with E-state index in [-0.39, 0.29) is 5.95 Å². The van der Waals surface area contributed by atoms with Crippen LogP contribution >= 0.6 is 0 Å². The number of ether oxygens (including phenoxy) is 2. The molecule has 1 atom stereocenters. The van der Waals surface area contributed by atoms with E-state index in [1.807, 2.05) is 0 Å². The van der Waals surface area contributed by atoms with Gasteiger partial charge < -0.3 is 20.5 Å². The van der Waals surface area contributed by atoms with Crippen molar-refractivity contribution in [1.82, 2.24) is 9.97 Å². The maximum Gasteiger partial charge on any atom is 0.225 e. The van der Waals surface area contributed by atoms with Gasteiger partial charge in [-0.2, -0.15) is 9.97 Å². The van der Waals surface area contributed by atoms with Crippen LogP contribution in [-0.2, 0) is 4.74 Å². The van der Waals surface area contributed by atoms with E-state index in [0.717, 1.165) is 6.54 Å². The van der Waals surface area contributed by atoms with E-state index >= 15 is 0 Å². The SMILES string of the molecule is COCC(C)CNc1cc(OC)nc(N)n1. The average Bonchev–Trinajstić information content (AvgIpc) is 2.26. The van der Waals surface area contributed by atoms with Gasteiger partial charge in [-0.25, -0.2) is 0 Å². The molecule has 0 saturated heterocycles. The Hall–Kier alpha value is -1.56. The van der Waals surface area contributed by atoms with Gasteiger partial charge in [0.05, 0.1) is 13.7 Å². The van der Waals surface area contributed by atoms with Gasteiger partial charge in [-0.05, 0) is 5.92 Å². The van der Waals surface area contributed by atoms with Crippen molar-refractivity contribution in [2.45, 2.75) is 6.92 Å². The molecule has 1 aromatic rings. The van der Waals surface area contributed by atoms with Crippen LogP contribution in [0.1, 0.15) is 6.92 Å². The number of aromatic nitrogens is 2. The van der Waals surface area contributed by atoms with E-state index in [9.17, 15) is 0 Å². The Labute approximate surface area is 95.2 Å². The largest absolute Gasteiger partial charge is 0.481 e. The van der Waals surface area contributed by atoms with Gasteiger partial charge in [0.2, 0.25) is 11.8 Å². The first-order valence-corrected chi connectivity index (χ1v) is 5.07. The number of methoxy groups -OCH3 is 2. The predicted molar refractivity (Wildman–Crippen MR) is 62.5 cm³/mol. The van der Waals surface area contributed by atoms with Crippen LogP contribution in [0.4, 0.5) is 11.8 Å². The standard InChI is InChI=1S/C10H18N4O2/c1-7(6-15-2)5-12-8-4-9(16-3)14-10(11)13-8/h4,7H,5-6H2,1-3H3,(H3,11,12,13,14). The minimum absolute atomic E-state index is 0.196. The number of nitrogen functional groups attached to an aromatic ring is 1. The molecule has 6 heteroatoms. The molecular weight excluding hydrogens is 208 g/mol. The molecule has 1 heterocycles. The predicted octanol–water partition coefficient (Wildman–Crippen LogP) is 0.762. The Morgan fingerprint density at radius 1 is 1.44 bits per heavy atom. The minimum Gasteiger partial charge on any atom is -0.481 e. The summed E-state index contributed by atoms with van der Waals surface area (Å²) in [5.41, 5.74) is 5.53. The quantitative estimate of drug-likeness (QED) is 0.745. The highest BCUT2D eigenvalue weighted by Crippen LogP contribution is 2.14. The highest BCUT2D eigenvalue weighted by atomic mass is 16.5. The average molecular weight is 226 g/mol. The molecule has 0 bridgehead atoms. The van der Waals surface area contributed by atoms with Crippen molar-refractivity contribution in [2.24, 2.45) is 5.92 Å². The first kappa shape index (κ1) is 12.5. The van der Waals surface area contributed by atoms with Crippen LogP contribution in [0, 0.1) is 5.92 Å². The van der Waals surface area contributed by atoms with Crippen molar-refractivity contribution in [1.29, 1.82) is 0 Å². The lowest BCUT2D eigenvalue weighted by Gasteiger charge is -2.12. The fourth-order valence-corrected chi connectivity index (χ4v) is 1.26. The molecule has 6 nitrogen and oxygen atoms in total. The Balaban J connectivity index is 2.56. The summed E-state index contributed by atoms with van der Waals surface area (Å²) in [5.74, 6) is 1.70. The van der Waals surface area contributed by atoms with Crippen molar-refractivity contribution in [3.63, 3.8) is 0 Å². The summed E-state index contributed by atoms with van der Waals surface area (Å²) >= 11 is 0. The van der Waals surface area contributed by atoms with E-state index in [2.05, 4.69) is 22.2 Å². The molecule has 16 heavy (non-hydrogen) atoms. The van der Waals surface area contributed by atoms with Crippen LogP contribution in [0.3, 0.4) is 0 Å². The van der Waals surface area contributed by atoms with Gasteiger partial charge in [-0.15, -0.1) is 0 Å². The molecule has 1 unspecified atom stereocenters. The second-order valence-electron chi connectivity index (χ2n) is 3.60. The zero-order valence-electron chi connectivity index (χ0n) is 9.86. The first-order valence-electron chi connectivity index (χ1n) is 5.07. The zero-order chi connectivity index (χ0) is 12.0. The molecule has 0 amide bonds. The minimum atomic E-state index is 0.196. The number of hydrogen-bond donors (Lipinski definition) is 2. The van der Waals surface area contributed by atoms with Crippen molar-refractivity contribution in [3.8, 4) is 5.88 Å². The lowest BCUT2D eigenvalue weighted by Crippen LogP contribution is -2.16. The third-order valence-corrected chi connectivity index (χ3v) is 2.01. The molecule has 0 aliphatic carbocycles. The van der Waals surface area contributed by atoms with Crippen LogP contribution in [0.25, 0.3) is 0 Å². The summed E-state index contributed by atoms with van der Waals surface area (Å²) in [6, 6.07) is 1.70. The molecule has 0 aromatic carbocycles. The molecular formula is C10H18N4O2. The Kier molecular flexibility index (Phi) is 4.78. The van der Waals surface area contributed by atoms with Crippen LogP contribution in [-0.4, -0.2) is 37.3 Å². The van der Waals surface area contributed by atoms with Gasteiger partial charge in [-0.1, -0.05) is 6.92 Å². The van der Waals surface area contributed by atoms with E-state index in [1.165, 1.54) is 0 Å². The van der Waals surface area contributed by atoms with E-state index in [1.54, 1.807) is 20.3 Å². The maximum absolute atomic E-state index is 5.53. The molecule has 1 aromatic heterocycles. The van der Waals surface area contributed by atoms with Crippen molar-refractivity contribution < 1.29 is 9.47 Å². The normalized spacial score (nSPS) is 12.2. The molecule has 3 N–H and O–H groups in total. The summed E-state index contributed by atoms with van der Waals surface area (Å²) < 4.78 is 10.0. The summed E-state index contributed by atoms with van der Waals surface area (Å²) in [7, 11) is 3.22. The summed E-state index contributed by atoms with van der Waals surface area (Å²) in [6.45, 7) is 3.54. The van der Waals surface area contributed by atoms with Crippen LogP contribution < -0.4 is 15.8 Å². The highest BCUT2D eigenvalue weighted by molar-refractivity contribution is 5.42. The fourth-order valence-electron chi connectivity index (χ4n) is 1.26. The smallest absolute Gasteiger partial charge is 0.225 e. The molecule has 0 aliphatic heterocycles. The van der Waals surface area contributed by atoms with Crippen molar-refractivity contribution >= 4 is 11.8 Å². The number of nitrogens with one attached hydrogen (secondary N) is 1. The van der Waals surface area contributed by atoms with E-state index in [4.69, 9.17) is 15.2 Å². The monoisotopic (exact) mass is 226 g/mol. The molecule has 0 saturated carbocycles. The number of nitrogens with two attached hydrogens (primary N) is 1. The third kappa shape index (κ3) is 3.90. The van der Waals surface area contributed by atoms with Gasteiger partial charge in [-0.3, -0.25) is 0 Å². The molecule has 0 radical (unpaired) electrons. The third-order valence-electron chi connectivity index (χ3n) is 2.01. The summed E-state index contributed by atoms with van der Waals surface area (Å²) in [5, 5.41) is 3.15. The van der Waals surface area contributed by atoms with Crippen LogP contribution in [0.15, 0.2) is 6.07 Å². The van der Waals surface area contributed by atoms with Gasteiger partial charge in [0, 0.05) is 19.7 Å². The Morgan fingerprint density at radius 3 is 2.81 bits per heavy atom.